The average molecular weight is 376 g/mol. The van der Waals surface area contributed by atoms with E-state index < -0.39 is 32.9 Å². The third kappa shape index (κ3) is 4.91. The maximum Gasteiger partial charge on any atom is 0.319 e. The quantitative estimate of drug-likeness (QED) is 0.389. The number of hydrogen-bond acceptors (Lipinski definition) is 8. The Morgan fingerprint density at radius 3 is 1.96 bits per heavy atom. The second-order valence-corrected chi connectivity index (χ2v) is 5.24. The van der Waals surface area contributed by atoms with E-state index in [9.17, 15) is 25.0 Å². The lowest BCUT2D eigenvalue weighted by molar-refractivity contribution is -0.395. The maximum absolute atomic E-state index is 11.6. The molecule has 0 radical (unpaired) electrons. The lowest BCUT2D eigenvalue weighted by Crippen LogP contribution is -2.09. The van der Waals surface area contributed by atoms with Gasteiger partial charge in [0.2, 0.25) is 0 Å². The van der Waals surface area contributed by atoms with Crippen molar-refractivity contribution in [2.45, 2.75) is 13.3 Å². The molecule has 0 atom stereocenters. The number of carbonyl (C=O) groups excluding carboxylic acids is 1. The minimum atomic E-state index is -0.805. The van der Waals surface area contributed by atoms with Crippen molar-refractivity contribution in [3.05, 3.63) is 62.2 Å². The number of nitro benzene ring substituents is 2. The summed E-state index contributed by atoms with van der Waals surface area (Å²) >= 11 is 0. The highest BCUT2D eigenvalue weighted by Gasteiger charge is 2.29. The molecule has 0 saturated carbocycles. The van der Waals surface area contributed by atoms with E-state index in [4.69, 9.17) is 14.2 Å². The first-order chi connectivity index (χ1) is 12.8. The third-order valence-electron chi connectivity index (χ3n) is 3.44. The first kappa shape index (κ1) is 19.6. The Morgan fingerprint density at radius 2 is 1.52 bits per heavy atom. The summed E-state index contributed by atoms with van der Waals surface area (Å²) in [6, 6.07) is 8.12. The van der Waals surface area contributed by atoms with Gasteiger partial charge in [-0.3, -0.25) is 25.0 Å². The molecule has 0 aromatic heterocycles. The molecule has 0 amide bonds. The molecule has 0 N–H and O–H groups in total. The van der Waals surface area contributed by atoms with E-state index in [-0.39, 0.29) is 24.3 Å². The predicted molar refractivity (Wildman–Crippen MR) is 93.2 cm³/mol. The van der Waals surface area contributed by atoms with E-state index in [1.165, 1.54) is 19.2 Å². The van der Waals surface area contributed by atoms with Crippen LogP contribution in [-0.4, -0.2) is 29.5 Å². The number of nitro groups is 2. The fraction of sp³-hybridized carbons (Fsp3) is 0.235. The van der Waals surface area contributed by atoms with E-state index in [1.54, 1.807) is 19.1 Å². The smallest absolute Gasteiger partial charge is 0.319 e. The minimum Gasteiger partial charge on any atom is -0.497 e. The maximum atomic E-state index is 11.6. The van der Waals surface area contributed by atoms with Gasteiger partial charge in [0, 0.05) is 12.1 Å². The molecule has 0 aliphatic carbocycles. The highest BCUT2D eigenvalue weighted by atomic mass is 16.6. The highest BCUT2D eigenvalue weighted by molar-refractivity contribution is 5.74. The molecule has 0 heterocycles. The Bertz CT molecular complexity index is 829. The van der Waals surface area contributed by atoms with Crippen LogP contribution in [0.25, 0.3) is 0 Å². The first-order valence-electron chi connectivity index (χ1n) is 7.79. The van der Waals surface area contributed by atoms with Crippen LogP contribution in [0.5, 0.6) is 17.2 Å². The van der Waals surface area contributed by atoms with Crippen LogP contribution in [0.2, 0.25) is 0 Å². The number of esters is 1. The number of ether oxygens (including phenoxy) is 3. The van der Waals surface area contributed by atoms with Gasteiger partial charge in [-0.1, -0.05) is 0 Å². The number of methoxy groups -OCH3 is 1. The summed E-state index contributed by atoms with van der Waals surface area (Å²) in [4.78, 5) is 32.8. The molecule has 2 rings (SSSR count). The molecule has 10 nitrogen and oxygen atoms in total. The van der Waals surface area contributed by atoms with Crippen molar-refractivity contribution in [3.63, 3.8) is 0 Å². The van der Waals surface area contributed by atoms with Crippen molar-refractivity contribution in [2.24, 2.45) is 0 Å². The zero-order valence-corrected chi connectivity index (χ0v) is 14.5. The lowest BCUT2D eigenvalue weighted by Gasteiger charge is -2.09. The van der Waals surface area contributed by atoms with Gasteiger partial charge in [0.05, 0.1) is 30.0 Å². The molecule has 27 heavy (non-hydrogen) atoms. The summed E-state index contributed by atoms with van der Waals surface area (Å²) < 4.78 is 15.2. The lowest BCUT2D eigenvalue weighted by atomic mass is 10.1. The van der Waals surface area contributed by atoms with Gasteiger partial charge in [-0.05, 0) is 36.8 Å². The van der Waals surface area contributed by atoms with Gasteiger partial charge in [-0.2, -0.15) is 0 Å². The van der Waals surface area contributed by atoms with Crippen LogP contribution in [0, 0.1) is 20.2 Å². The minimum absolute atomic E-state index is 0.0777. The summed E-state index contributed by atoms with van der Waals surface area (Å²) in [5.41, 5.74) is -1.17. The Hall–Kier alpha value is -3.69. The van der Waals surface area contributed by atoms with Crippen molar-refractivity contribution in [2.75, 3.05) is 13.7 Å². The molecule has 2 aromatic rings. The fourth-order valence-corrected chi connectivity index (χ4v) is 2.27. The second-order valence-electron chi connectivity index (χ2n) is 5.24. The molecular weight excluding hydrogens is 360 g/mol. The van der Waals surface area contributed by atoms with Crippen molar-refractivity contribution < 1.29 is 28.9 Å². The second kappa shape index (κ2) is 8.61. The number of nitrogens with zero attached hydrogens (tertiary/aromatic N) is 2. The van der Waals surface area contributed by atoms with Crippen LogP contribution in [-0.2, 0) is 16.0 Å². The van der Waals surface area contributed by atoms with Crippen molar-refractivity contribution in [3.8, 4) is 17.2 Å². The van der Waals surface area contributed by atoms with E-state index in [2.05, 4.69) is 0 Å². The van der Waals surface area contributed by atoms with Crippen LogP contribution in [0.15, 0.2) is 36.4 Å². The molecule has 0 fully saturated rings. The number of carbonyl (C=O) groups is 1. The largest absolute Gasteiger partial charge is 0.497 e. The fourth-order valence-electron chi connectivity index (χ4n) is 2.27. The van der Waals surface area contributed by atoms with E-state index in [0.717, 1.165) is 12.1 Å². The molecule has 0 unspecified atom stereocenters. The van der Waals surface area contributed by atoms with Gasteiger partial charge in [-0.25, -0.2) is 0 Å². The first-order valence-corrected chi connectivity index (χ1v) is 7.79. The number of rotatable bonds is 8. The highest BCUT2D eigenvalue weighted by Crippen LogP contribution is 2.41. The van der Waals surface area contributed by atoms with Crippen molar-refractivity contribution in [1.29, 1.82) is 0 Å². The molecule has 0 saturated heterocycles. The Morgan fingerprint density at radius 1 is 1.00 bits per heavy atom. The summed E-state index contributed by atoms with van der Waals surface area (Å²) in [7, 11) is 1.47. The Kier molecular flexibility index (Phi) is 6.26. The average Bonchev–Trinajstić information content (AvgIpc) is 2.63. The number of benzene rings is 2. The van der Waals surface area contributed by atoms with Crippen molar-refractivity contribution in [1.82, 2.24) is 0 Å². The summed E-state index contributed by atoms with van der Waals surface area (Å²) in [6.45, 7) is 1.73. The van der Waals surface area contributed by atoms with Crippen LogP contribution in [0.1, 0.15) is 12.5 Å². The van der Waals surface area contributed by atoms with Crippen LogP contribution in [0.4, 0.5) is 11.4 Å². The molecule has 0 spiro atoms. The van der Waals surface area contributed by atoms with E-state index in [1.807, 2.05) is 0 Å². The van der Waals surface area contributed by atoms with Crippen LogP contribution in [0.3, 0.4) is 0 Å². The van der Waals surface area contributed by atoms with Gasteiger partial charge in [0.1, 0.15) is 11.5 Å². The van der Waals surface area contributed by atoms with E-state index in [0.29, 0.717) is 5.75 Å². The Labute approximate surface area is 153 Å². The van der Waals surface area contributed by atoms with Gasteiger partial charge in [0.25, 0.3) is 5.75 Å². The van der Waals surface area contributed by atoms with Gasteiger partial charge in [-0.15, -0.1) is 0 Å². The van der Waals surface area contributed by atoms with Crippen LogP contribution >= 0.6 is 0 Å². The molecule has 142 valence electrons. The third-order valence-corrected chi connectivity index (χ3v) is 3.44. The topological polar surface area (TPSA) is 131 Å². The van der Waals surface area contributed by atoms with Crippen LogP contribution < -0.4 is 9.47 Å². The standard InChI is InChI=1S/C17H16N2O8/c1-3-26-16(20)10-11-8-14(18(21)22)17(15(9-11)19(23)24)27-13-6-4-12(25-2)5-7-13/h4-9H,3,10H2,1-2H3. The van der Waals surface area contributed by atoms with E-state index >= 15 is 0 Å². The SMILES string of the molecule is CCOC(=O)Cc1cc([N+](=O)[O-])c(Oc2ccc(OC)cc2)c([N+](=O)[O-])c1. The molecule has 0 bridgehead atoms. The molecular formula is C17H16N2O8. The summed E-state index contributed by atoms with van der Waals surface area (Å²) in [5.74, 6) is -0.496. The van der Waals surface area contributed by atoms with Gasteiger partial charge < -0.3 is 14.2 Å². The molecule has 2 aromatic carbocycles. The molecule has 0 aliphatic rings. The predicted octanol–water partition coefficient (Wildman–Crippen LogP) is 3.41. The zero-order chi connectivity index (χ0) is 20.0. The summed E-state index contributed by atoms with van der Waals surface area (Å²) in [6.07, 6.45) is -0.335. The normalized spacial score (nSPS) is 10.1. The van der Waals surface area contributed by atoms with Gasteiger partial charge >= 0.3 is 17.3 Å². The van der Waals surface area contributed by atoms with Gasteiger partial charge in [0.15, 0.2) is 0 Å². The summed E-state index contributed by atoms with van der Waals surface area (Å²) in [5, 5.41) is 22.8. The monoisotopic (exact) mass is 376 g/mol. The molecule has 0 aliphatic heterocycles. The number of hydrogen-bond donors (Lipinski definition) is 0. The molecule has 10 heteroatoms. The van der Waals surface area contributed by atoms with Crippen molar-refractivity contribution >= 4 is 17.3 Å². The zero-order valence-electron chi connectivity index (χ0n) is 14.5. The Balaban J connectivity index is 2.48.